The number of hydrogen-bond donors (Lipinski definition) is 3. The first kappa shape index (κ1) is 64.3. The average Bonchev–Trinajstić information content (AvgIpc) is 3.91. The van der Waals surface area contributed by atoms with Crippen LogP contribution < -0.4 is 20.7 Å². The Morgan fingerprint density at radius 1 is 0.522 bits per heavy atom. The highest BCUT2D eigenvalue weighted by Gasteiger charge is 2.25. The highest BCUT2D eigenvalue weighted by Crippen LogP contribution is 2.39. The van der Waals surface area contributed by atoms with Crippen molar-refractivity contribution in [3.05, 3.63) is 142 Å². The van der Waals surface area contributed by atoms with Crippen LogP contribution in [0.2, 0.25) is 0 Å². The largest absolute Gasteiger partial charge is 0.493 e. The second-order valence-electron chi connectivity index (χ2n) is 19.9. The minimum atomic E-state index is 0. The van der Waals surface area contributed by atoms with E-state index < -0.39 is 0 Å². The summed E-state index contributed by atoms with van der Waals surface area (Å²) in [7, 11) is 0. The van der Waals surface area contributed by atoms with Gasteiger partial charge in [0.1, 0.15) is 11.6 Å². The molecule has 0 saturated carbocycles. The summed E-state index contributed by atoms with van der Waals surface area (Å²) in [6.07, 6.45) is 6.83. The number of ether oxygens (including phenoxy) is 1. The Kier molecular flexibility index (Phi) is 28.7. The van der Waals surface area contributed by atoms with Crippen molar-refractivity contribution in [3.63, 3.8) is 0 Å². The number of aliphatic imine (C=N–C) groups is 1. The number of aryl methyl sites for hydroxylation is 1. The lowest BCUT2D eigenvalue weighted by molar-refractivity contribution is 0.356. The molecule has 0 fully saturated rings. The van der Waals surface area contributed by atoms with E-state index in [2.05, 4.69) is 191 Å². The minimum Gasteiger partial charge on any atom is -0.493 e. The average molecular weight is 920 g/mol. The molecular weight excluding hydrogens is 817 g/mol. The highest BCUT2D eigenvalue weighted by atomic mass is 16.5. The number of para-hydroxylation sites is 1. The summed E-state index contributed by atoms with van der Waals surface area (Å²) >= 11 is 0. The minimum absolute atomic E-state index is 0. The number of anilines is 3. The summed E-state index contributed by atoms with van der Waals surface area (Å²) in [5.74, 6) is 1.93. The summed E-state index contributed by atoms with van der Waals surface area (Å²) in [6, 6.07) is 28.0. The molecule has 0 bridgehead atoms. The van der Waals surface area contributed by atoms with Crippen LogP contribution >= 0.6 is 0 Å². The van der Waals surface area contributed by atoms with E-state index >= 15 is 0 Å². The van der Waals surface area contributed by atoms with E-state index in [1.54, 1.807) is 0 Å². The number of nitrogens with one attached hydrogen (secondary N) is 3. The Morgan fingerprint density at radius 2 is 1.09 bits per heavy atom. The fraction of sp³-hybridized carbons (Fsp3) is 0.532. The van der Waals surface area contributed by atoms with Crippen LogP contribution in [0.25, 0.3) is 0 Å². The van der Waals surface area contributed by atoms with Crippen molar-refractivity contribution in [1.29, 1.82) is 0 Å². The Hall–Kier alpha value is -4.77. The smallest absolute Gasteiger partial charge is 0.122 e. The first-order chi connectivity index (χ1) is 30.6. The molecule has 8 rings (SSSR count). The van der Waals surface area contributed by atoms with E-state index in [0.29, 0.717) is 0 Å². The van der Waals surface area contributed by atoms with E-state index in [4.69, 9.17) is 9.73 Å². The first-order valence-corrected chi connectivity index (χ1v) is 25.0. The Balaban J connectivity index is 0. The van der Waals surface area contributed by atoms with Crippen molar-refractivity contribution < 1.29 is 4.74 Å². The van der Waals surface area contributed by atoms with Gasteiger partial charge in [-0.05, 0) is 126 Å². The lowest BCUT2D eigenvalue weighted by Crippen LogP contribution is -2.18. The molecule has 0 atom stereocenters. The molecule has 1 aliphatic carbocycles. The van der Waals surface area contributed by atoms with Crippen LogP contribution in [0.4, 0.5) is 17.1 Å². The number of allylic oxidation sites excluding steroid dienone is 1. The van der Waals surface area contributed by atoms with Crippen molar-refractivity contribution in [1.82, 2.24) is 0 Å². The van der Waals surface area contributed by atoms with E-state index in [1.165, 1.54) is 68.9 Å². The molecule has 0 saturated heterocycles. The van der Waals surface area contributed by atoms with E-state index in [0.717, 1.165) is 55.2 Å². The zero-order valence-corrected chi connectivity index (χ0v) is 45.2. The van der Waals surface area contributed by atoms with Crippen LogP contribution in [0.1, 0.15) is 212 Å². The van der Waals surface area contributed by atoms with E-state index in [-0.39, 0.29) is 36.6 Å². The fourth-order valence-electron chi connectivity index (χ4n) is 7.74. The van der Waals surface area contributed by atoms with Crippen LogP contribution in [0.3, 0.4) is 0 Å². The molecule has 3 heterocycles. The first-order valence-electron chi connectivity index (χ1n) is 25.0. The van der Waals surface area contributed by atoms with Crippen LogP contribution in [-0.2, 0) is 35.5 Å². The van der Waals surface area contributed by atoms with Gasteiger partial charge >= 0.3 is 0 Å². The zero-order valence-electron chi connectivity index (χ0n) is 45.2. The van der Waals surface area contributed by atoms with E-state index in [1.807, 2.05) is 55.4 Å². The lowest BCUT2D eigenvalue weighted by Gasteiger charge is -2.28. The predicted octanol–water partition coefficient (Wildman–Crippen LogP) is 19.1. The van der Waals surface area contributed by atoms with Gasteiger partial charge in [0.05, 0.1) is 23.5 Å². The van der Waals surface area contributed by atoms with Gasteiger partial charge in [0.25, 0.3) is 0 Å². The second kappa shape index (κ2) is 29.9. The second-order valence-corrected chi connectivity index (χ2v) is 19.9. The Morgan fingerprint density at radius 3 is 1.66 bits per heavy atom. The quantitative estimate of drug-likeness (QED) is 0.164. The summed E-state index contributed by atoms with van der Waals surface area (Å²) in [4.78, 5) is 4.83. The van der Waals surface area contributed by atoms with Crippen molar-refractivity contribution in [3.8, 4) is 5.75 Å². The van der Waals surface area contributed by atoms with Gasteiger partial charge in [-0.3, -0.25) is 4.99 Å². The maximum atomic E-state index is 5.47. The predicted molar refractivity (Wildman–Crippen MR) is 307 cm³/mol. The van der Waals surface area contributed by atoms with Gasteiger partial charge in [-0.25, -0.2) is 0 Å². The van der Waals surface area contributed by atoms with Crippen LogP contribution in [0.15, 0.2) is 109 Å². The number of benzene rings is 4. The van der Waals surface area contributed by atoms with Crippen LogP contribution in [0.5, 0.6) is 5.75 Å². The number of rotatable bonds is 0. The number of hydrogen-bond acceptors (Lipinski definition) is 5. The van der Waals surface area contributed by atoms with Gasteiger partial charge in [-0.1, -0.05) is 206 Å². The van der Waals surface area contributed by atoms with Crippen molar-refractivity contribution in [2.24, 2.45) is 4.99 Å². The third-order valence-electron chi connectivity index (χ3n) is 10.6. The van der Waals surface area contributed by atoms with Crippen molar-refractivity contribution >= 4 is 22.8 Å². The fourth-order valence-corrected chi connectivity index (χ4v) is 7.74. The molecular formula is C62H102N4O. The maximum absolute atomic E-state index is 5.47. The topological polar surface area (TPSA) is 57.7 Å². The molecule has 5 nitrogen and oxygen atoms in total. The number of fused-ring (bicyclic) bond motifs is 4. The number of nitrogens with zero attached hydrogens (tertiary/aromatic N) is 1. The van der Waals surface area contributed by atoms with Gasteiger partial charge in [0.2, 0.25) is 0 Å². The molecule has 0 unspecified atom stereocenters. The normalized spacial score (nSPS) is 14.2. The molecule has 5 heteroatoms. The molecule has 376 valence electrons. The van der Waals surface area contributed by atoms with Gasteiger partial charge in [-0.15, -0.1) is 0 Å². The summed E-state index contributed by atoms with van der Waals surface area (Å²) in [5, 5.41) is 9.85. The molecule has 0 aromatic heterocycles. The Labute approximate surface area is 415 Å². The highest BCUT2D eigenvalue weighted by molar-refractivity contribution is 6.02. The Bertz CT molecular complexity index is 2090. The molecule has 3 aliphatic heterocycles. The van der Waals surface area contributed by atoms with E-state index in [9.17, 15) is 0 Å². The van der Waals surface area contributed by atoms with Crippen molar-refractivity contribution in [2.45, 2.75) is 214 Å². The maximum Gasteiger partial charge on any atom is 0.122 e. The standard InChI is InChI=1S/2C14H19N.C12H16N2.C12H16O.4C2H6.2CH4/c1-10-8-9-11-12(14(2,3)4)6-5-7-13(11)15-10;1-14(2,3)15-13-10-6-8-11-7-4-5-9-12(11)13;1-8-13-10-7-5-6-9(11(10)14-8)12(2,3)4;1-12(2,3)10-4-5-11-9(8-10)6-7-13-11;4*1-2;;/h5-7,15H,1,8-9H2,2-4H3;4-5,7,9H,6,8,10H2,1-3H3;5-7,13-14H,1H2,2-4H3;4-5,8H,6-7H2,1-3H3;4*1-2H3;2*1H4. The lowest BCUT2D eigenvalue weighted by atomic mass is 9.81. The van der Waals surface area contributed by atoms with Gasteiger partial charge < -0.3 is 20.7 Å². The molecule has 0 radical (unpaired) electrons. The van der Waals surface area contributed by atoms with Gasteiger partial charge in [-0.2, -0.15) is 0 Å². The third kappa shape index (κ3) is 20.2. The molecule has 4 aliphatic rings. The third-order valence-corrected chi connectivity index (χ3v) is 10.6. The summed E-state index contributed by atoms with van der Waals surface area (Å²) in [6.45, 7) is 51.4. The van der Waals surface area contributed by atoms with Crippen molar-refractivity contribution in [2.75, 3.05) is 22.6 Å². The molecule has 0 amide bonds. The van der Waals surface area contributed by atoms with Crippen LogP contribution in [-0.4, -0.2) is 17.9 Å². The SMILES string of the molecule is C.C.C=C1CCc2c(cccc2C(C)(C)C)N1.C=C1Nc2cccc(C(C)(C)C)c2N1.CC.CC.CC.CC.CC(C)(C)N=C1CCCc2ccccc21.CC(C)(C)c1ccc2c(c1)CCO2. The molecule has 4 aromatic rings. The van der Waals surface area contributed by atoms with Gasteiger partial charge in [0, 0.05) is 23.5 Å². The summed E-state index contributed by atoms with van der Waals surface area (Å²) in [5.41, 5.74) is 16.5. The monoisotopic (exact) mass is 919 g/mol. The van der Waals surface area contributed by atoms with Gasteiger partial charge in [0.15, 0.2) is 0 Å². The molecule has 0 spiro atoms. The molecule has 67 heavy (non-hydrogen) atoms. The van der Waals surface area contributed by atoms with Crippen LogP contribution in [0, 0.1) is 0 Å². The molecule has 3 N–H and O–H groups in total. The zero-order chi connectivity index (χ0) is 49.8. The molecule has 4 aromatic carbocycles. The summed E-state index contributed by atoms with van der Waals surface area (Å²) < 4.78 is 5.47.